The molecular weight excluding hydrogens is 364 g/mol. The Bertz CT molecular complexity index is 683. The van der Waals surface area contributed by atoms with Crippen molar-refractivity contribution in [2.45, 2.75) is 0 Å². The summed E-state index contributed by atoms with van der Waals surface area (Å²) in [6, 6.07) is 11.2. The SMILES string of the molecule is CN(CC(=O)Nc1ccccc1Br)C(=O)/C=C/c1cccs1. The molecule has 1 N–H and O–H groups in total. The summed E-state index contributed by atoms with van der Waals surface area (Å²) in [4.78, 5) is 26.3. The minimum Gasteiger partial charge on any atom is -0.333 e. The Morgan fingerprint density at radius 1 is 1.27 bits per heavy atom. The fourth-order valence-corrected chi connectivity index (χ4v) is 2.71. The number of halogens is 1. The molecule has 1 aromatic carbocycles. The van der Waals surface area contributed by atoms with Gasteiger partial charge in [-0.1, -0.05) is 18.2 Å². The average Bonchev–Trinajstić information content (AvgIpc) is 3.00. The van der Waals surface area contributed by atoms with Crippen LogP contribution in [0.25, 0.3) is 6.08 Å². The molecule has 0 aliphatic rings. The van der Waals surface area contributed by atoms with Crippen LogP contribution in [0.15, 0.2) is 52.3 Å². The number of amides is 2. The topological polar surface area (TPSA) is 49.4 Å². The van der Waals surface area contributed by atoms with Gasteiger partial charge in [-0.15, -0.1) is 11.3 Å². The van der Waals surface area contributed by atoms with E-state index in [-0.39, 0.29) is 18.4 Å². The molecule has 0 radical (unpaired) electrons. The summed E-state index contributed by atoms with van der Waals surface area (Å²) in [5.41, 5.74) is 0.683. The molecule has 0 saturated carbocycles. The standard InChI is InChI=1S/C16H15BrN2O2S/c1-19(16(21)9-8-12-5-4-10-22-12)11-15(20)18-14-7-3-2-6-13(14)17/h2-10H,11H2,1H3,(H,18,20)/b9-8+. The van der Waals surface area contributed by atoms with E-state index in [1.165, 1.54) is 11.0 Å². The molecular formula is C16H15BrN2O2S. The molecule has 22 heavy (non-hydrogen) atoms. The van der Waals surface area contributed by atoms with Crippen LogP contribution in [0, 0.1) is 0 Å². The van der Waals surface area contributed by atoms with E-state index in [1.807, 2.05) is 35.7 Å². The number of carbonyl (C=O) groups is 2. The maximum absolute atomic E-state index is 12.0. The minimum atomic E-state index is -0.243. The number of carbonyl (C=O) groups excluding carboxylic acids is 2. The second kappa shape index (κ2) is 7.91. The van der Waals surface area contributed by atoms with E-state index in [9.17, 15) is 9.59 Å². The molecule has 0 atom stereocenters. The number of thiophene rings is 1. The second-order valence-corrected chi connectivity index (χ2v) is 6.40. The lowest BCUT2D eigenvalue weighted by molar-refractivity contribution is -0.129. The molecule has 1 heterocycles. The zero-order valence-electron chi connectivity index (χ0n) is 12.0. The van der Waals surface area contributed by atoms with Gasteiger partial charge in [-0.25, -0.2) is 0 Å². The number of nitrogens with one attached hydrogen (secondary N) is 1. The Balaban J connectivity index is 1.88. The van der Waals surface area contributed by atoms with E-state index in [0.717, 1.165) is 9.35 Å². The van der Waals surface area contributed by atoms with E-state index >= 15 is 0 Å². The van der Waals surface area contributed by atoms with Gasteiger partial charge in [0.25, 0.3) is 0 Å². The van der Waals surface area contributed by atoms with Crippen LogP contribution in [-0.2, 0) is 9.59 Å². The van der Waals surface area contributed by atoms with Crippen molar-refractivity contribution >= 4 is 50.8 Å². The quantitative estimate of drug-likeness (QED) is 0.807. The predicted octanol–water partition coefficient (Wildman–Crippen LogP) is 3.62. The lowest BCUT2D eigenvalue weighted by Gasteiger charge is -2.15. The smallest absolute Gasteiger partial charge is 0.246 e. The van der Waals surface area contributed by atoms with Crippen molar-refractivity contribution in [2.24, 2.45) is 0 Å². The van der Waals surface area contributed by atoms with Gasteiger partial charge in [0.1, 0.15) is 0 Å². The molecule has 0 saturated heterocycles. The zero-order chi connectivity index (χ0) is 15.9. The van der Waals surface area contributed by atoms with Gasteiger partial charge in [-0.3, -0.25) is 9.59 Å². The first kappa shape index (κ1) is 16.5. The van der Waals surface area contributed by atoms with Crippen molar-refractivity contribution in [3.8, 4) is 0 Å². The van der Waals surface area contributed by atoms with Crippen molar-refractivity contribution in [1.29, 1.82) is 0 Å². The van der Waals surface area contributed by atoms with E-state index in [2.05, 4.69) is 21.2 Å². The Labute approximate surface area is 141 Å². The summed E-state index contributed by atoms with van der Waals surface area (Å²) >= 11 is 4.91. The summed E-state index contributed by atoms with van der Waals surface area (Å²) in [6.45, 7) is -0.00501. The third-order valence-corrected chi connectivity index (χ3v) is 4.37. The number of anilines is 1. The third kappa shape index (κ3) is 4.82. The van der Waals surface area contributed by atoms with Gasteiger partial charge in [-0.05, 0) is 45.6 Å². The highest BCUT2D eigenvalue weighted by atomic mass is 79.9. The number of nitrogens with zero attached hydrogens (tertiary/aromatic N) is 1. The number of hydrogen-bond donors (Lipinski definition) is 1. The largest absolute Gasteiger partial charge is 0.333 e. The van der Waals surface area contributed by atoms with Crippen LogP contribution < -0.4 is 5.32 Å². The number of para-hydroxylation sites is 1. The zero-order valence-corrected chi connectivity index (χ0v) is 14.4. The van der Waals surface area contributed by atoms with E-state index in [4.69, 9.17) is 0 Å². The maximum Gasteiger partial charge on any atom is 0.246 e. The highest BCUT2D eigenvalue weighted by Crippen LogP contribution is 2.20. The van der Waals surface area contributed by atoms with Crippen LogP contribution >= 0.6 is 27.3 Å². The number of likely N-dealkylation sites (N-methyl/N-ethyl adjacent to an activating group) is 1. The van der Waals surface area contributed by atoms with Crippen LogP contribution in [0.5, 0.6) is 0 Å². The van der Waals surface area contributed by atoms with Crippen molar-refractivity contribution in [2.75, 3.05) is 18.9 Å². The Hall–Kier alpha value is -1.92. The third-order valence-electron chi connectivity index (χ3n) is 2.84. The fraction of sp³-hybridized carbons (Fsp3) is 0.125. The average molecular weight is 379 g/mol. The molecule has 0 aliphatic heterocycles. The van der Waals surface area contributed by atoms with Gasteiger partial charge < -0.3 is 10.2 Å². The summed E-state index contributed by atoms with van der Waals surface area (Å²) in [5.74, 6) is -0.456. The molecule has 0 aliphatic carbocycles. The first-order valence-corrected chi connectivity index (χ1v) is 8.24. The lowest BCUT2D eigenvalue weighted by Crippen LogP contribution is -2.33. The first-order valence-electron chi connectivity index (χ1n) is 6.57. The number of hydrogen-bond acceptors (Lipinski definition) is 3. The van der Waals surface area contributed by atoms with Crippen molar-refractivity contribution in [1.82, 2.24) is 4.90 Å². The molecule has 2 rings (SSSR count). The highest BCUT2D eigenvalue weighted by Gasteiger charge is 2.11. The van der Waals surface area contributed by atoms with Crippen LogP contribution in [0.1, 0.15) is 4.88 Å². The maximum atomic E-state index is 12.0. The molecule has 6 heteroatoms. The van der Waals surface area contributed by atoms with Crippen LogP contribution in [0.4, 0.5) is 5.69 Å². The van der Waals surface area contributed by atoms with Gasteiger partial charge in [0.2, 0.25) is 11.8 Å². The molecule has 0 fully saturated rings. The first-order chi connectivity index (χ1) is 10.6. The minimum absolute atomic E-state index is 0.00501. The number of benzene rings is 1. The lowest BCUT2D eigenvalue weighted by atomic mass is 10.3. The van der Waals surface area contributed by atoms with Crippen molar-refractivity contribution < 1.29 is 9.59 Å². The Morgan fingerprint density at radius 2 is 2.05 bits per heavy atom. The summed E-state index contributed by atoms with van der Waals surface area (Å²) in [5, 5.41) is 4.71. The van der Waals surface area contributed by atoms with Gasteiger partial charge >= 0.3 is 0 Å². The number of rotatable bonds is 5. The van der Waals surface area contributed by atoms with Gasteiger partial charge in [0, 0.05) is 22.5 Å². The molecule has 2 aromatic rings. The van der Waals surface area contributed by atoms with Gasteiger partial charge in [0.05, 0.1) is 12.2 Å². The van der Waals surface area contributed by atoms with Crippen LogP contribution in [-0.4, -0.2) is 30.3 Å². The van der Waals surface area contributed by atoms with Gasteiger partial charge in [0.15, 0.2) is 0 Å². The fourth-order valence-electron chi connectivity index (χ4n) is 1.71. The van der Waals surface area contributed by atoms with E-state index < -0.39 is 0 Å². The van der Waals surface area contributed by atoms with E-state index in [0.29, 0.717) is 5.69 Å². The summed E-state index contributed by atoms with van der Waals surface area (Å²) in [7, 11) is 1.60. The Kier molecular flexibility index (Phi) is 5.91. The molecule has 0 spiro atoms. The molecule has 2 amide bonds. The van der Waals surface area contributed by atoms with E-state index in [1.54, 1.807) is 30.5 Å². The van der Waals surface area contributed by atoms with Crippen LogP contribution in [0.2, 0.25) is 0 Å². The summed E-state index contributed by atoms with van der Waals surface area (Å²) < 4.78 is 0.801. The van der Waals surface area contributed by atoms with Crippen LogP contribution in [0.3, 0.4) is 0 Å². The molecule has 0 bridgehead atoms. The van der Waals surface area contributed by atoms with Crippen molar-refractivity contribution in [3.05, 3.63) is 57.2 Å². The molecule has 114 valence electrons. The Morgan fingerprint density at radius 3 is 2.73 bits per heavy atom. The molecule has 0 unspecified atom stereocenters. The van der Waals surface area contributed by atoms with Gasteiger partial charge in [-0.2, -0.15) is 0 Å². The highest BCUT2D eigenvalue weighted by molar-refractivity contribution is 9.10. The summed E-state index contributed by atoms with van der Waals surface area (Å²) in [6.07, 6.45) is 3.22. The predicted molar refractivity (Wildman–Crippen MR) is 93.8 cm³/mol. The van der Waals surface area contributed by atoms with Crippen molar-refractivity contribution in [3.63, 3.8) is 0 Å². The monoisotopic (exact) mass is 378 g/mol. The normalized spacial score (nSPS) is 10.6. The molecule has 4 nitrogen and oxygen atoms in total. The second-order valence-electron chi connectivity index (χ2n) is 4.57. The molecule has 1 aromatic heterocycles.